The van der Waals surface area contributed by atoms with Gasteiger partial charge in [0.15, 0.2) is 0 Å². The lowest BCUT2D eigenvalue weighted by atomic mass is 10.0. The number of aromatic amines is 1. The van der Waals surface area contributed by atoms with E-state index in [1.165, 1.54) is 0 Å². The number of hydrogen-bond donors (Lipinski definition) is 3. The summed E-state index contributed by atoms with van der Waals surface area (Å²) in [5.74, 6) is -0.959. The summed E-state index contributed by atoms with van der Waals surface area (Å²) in [6.45, 7) is 7.11. The molecule has 2 rings (SSSR count). The molecule has 1 atom stereocenters. The van der Waals surface area contributed by atoms with E-state index in [1.54, 1.807) is 13.8 Å². The van der Waals surface area contributed by atoms with Gasteiger partial charge in [-0.25, -0.2) is 9.78 Å². The Hall–Kier alpha value is -2.22. The van der Waals surface area contributed by atoms with Gasteiger partial charge in [0.25, 0.3) is 11.5 Å². The topological polar surface area (TPSA) is 112 Å². The zero-order valence-electron chi connectivity index (χ0n) is 13.4. The van der Waals surface area contributed by atoms with Gasteiger partial charge in [-0.2, -0.15) is 0 Å². The Balaban J connectivity index is 2.38. The molecule has 3 N–H and O–H groups in total. The molecular weight excluding hydrogens is 318 g/mol. The van der Waals surface area contributed by atoms with Crippen LogP contribution in [-0.2, 0) is 4.79 Å². The van der Waals surface area contributed by atoms with E-state index in [9.17, 15) is 19.5 Å². The Morgan fingerprint density at radius 2 is 2.00 bits per heavy atom. The van der Waals surface area contributed by atoms with Crippen LogP contribution in [0.25, 0.3) is 10.2 Å². The van der Waals surface area contributed by atoms with E-state index in [0.29, 0.717) is 32.9 Å². The number of aliphatic carboxylic acids is 1. The third-order valence-corrected chi connectivity index (χ3v) is 4.62. The molecule has 2 heterocycles. The summed E-state index contributed by atoms with van der Waals surface area (Å²) in [7, 11) is 0. The summed E-state index contributed by atoms with van der Waals surface area (Å²) in [5.41, 5.74) is 0.224. The molecule has 0 bridgehead atoms. The van der Waals surface area contributed by atoms with Crippen LogP contribution in [0.3, 0.4) is 0 Å². The number of fused-ring (bicyclic) bond motifs is 1. The summed E-state index contributed by atoms with van der Waals surface area (Å²) in [4.78, 5) is 43.4. The average Bonchev–Trinajstić information content (AvgIpc) is 2.74. The van der Waals surface area contributed by atoms with E-state index in [0.717, 1.165) is 11.3 Å². The summed E-state index contributed by atoms with van der Waals surface area (Å²) in [5, 5.41) is 12.1. The molecule has 0 radical (unpaired) electrons. The molecule has 2 aromatic rings. The number of carboxylic acid groups (broad SMARTS) is 1. The molecule has 1 amide bonds. The highest BCUT2D eigenvalue weighted by atomic mass is 32.1. The molecule has 0 aliphatic heterocycles. The Bertz CT molecular complexity index is 822. The van der Waals surface area contributed by atoms with E-state index in [2.05, 4.69) is 15.3 Å². The quantitative estimate of drug-likeness (QED) is 0.770. The van der Waals surface area contributed by atoms with E-state index >= 15 is 0 Å². The van der Waals surface area contributed by atoms with Crippen molar-refractivity contribution in [3.63, 3.8) is 0 Å². The molecule has 1 unspecified atom stereocenters. The lowest BCUT2D eigenvalue weighted by molar-refractivity contribution is -0.139. The normalized spacial score (nSPS) is 12.6. The maximum absolute atomic E-state index is 12.4. The minimum Gasteiger partial charge on any atom is -0.480 e. The standard InChI is InChI=1S/C15H19N3O4S/c1-6(2)5-9(15(21)22)18-13(20)11-7(3)10-12(19)16-8(4)17-14(10)23-11/h6,9H,5H2,1-4H3,(H,18,20)(H,21,22)(H,16,17,19). The van der Waals surface area contributed by atoms with Crippen molar-refractivity contribution in [1.29, 1.82) is 0 Å². The van der Waals surface area contributed by atoms with Crippen LogP contribution in [0.5, 0.6) is 0 Å². The van der Waals surface area contributed by atoms with Crippen molar-refractivity contribution in [3.05, 3.63) is 26.6 Å². The molecule has 0 spiro atoms. The summed E-state index contributed by atoms with van der Waals surface area (Å²) < 4.78 is 0. The first-order valence-electron chi connectivity index (χ1n) is 7.24. The highest BCUT2D eigenvalue weighted by Crippen LogP contribution is 2.27. The molecule has 0 aromatic carbocycles. The molecule has 0 saturated carbocycles. The number of hydrogen-bond acceptors (Lipinski definition) is 5. The van der Waals surface area contributed by atoms with Crippen molar-refractivity contribution < 1.29 is 14.7 Å². The fraction of sp³-hybridized carbons (Fsp3) is 0.467. The summed E-state index contributed by atoms with van der Waals surface area (Å²) in [6, 6.07) is -0.958. The fourth-order valence-electron chi connectivity index (χ4n) is 2.38. The van der Waals surface area contributed by atoms with Crippen LogP contribution in [-0.4, -0.2) is 33.0 Å². The van der Waals surface area contributed by atoms with Gasteiger partial charge in [0, 0.05) is 0 Å². The van der Waals surface area contributed by atoms with Gasteiger partial charge < -0.3 is 15.4 Å². The van der Waals surface area contributed by atoms with Gasteiger partial charge in [-0.15, -0.1) is 11.3 Å². The van der Waals surface area contributed by atoms with E-state index in [1.807, 2.05) is 13.8 Å². The van der Waals surface area contributed by atoms with Gasteiger partial charge in [-0.3, -0.25) is 9.59 Å². The Morgan fingerprint density at radius 3 is 2.57 bits per heavy atom. The fourth-order valence-corrected chi connectivity index (χ4v) is 3.52. The predicted octanol–water partition coefficient (Wildman–Crippen LogP) is 1.83. The summed E-state index contributed by atoms with van der Waals surface area (Å²) in [6.07, 6.45) is 0.336. The molecular formula is C15H19N3O4S. The van der Waals surface area contributed by atoms with Gasteiger partial charge in [-0.05, 0) is 31.7 Å². The van der Waals surface area contributed by atoms with Crippen molar-refractivity contribution >= 4 is 33.4 Å². The number of nitrogens with one attached hydrogen (secondary N) is 2. The zero-order valence-corrected chi connectivity index (χ0v) is 14.2. The van der Waals surface area contributed by atoms with Crippen LogP contribution in [0.2, 0.25) is 0 Å². The molecule has 0 aliphatic carbocycles. The van der Waals surface area contributed by atoms with Crippen molar-refractivity contribution in [2.75, 3.05) is 0 Å². The van der Waals surface area contributed by atoms with Gasteiger partial charge >= 0.3 is 5.97 Å². The van der Waals surface area contributed by atoms with E-state index < -0.39 is 17.9 Å². The van der Waals surface area contributed by atoms with Gasteiger partial charge in [-0.1, -0.05) is 13.8 Å². The highest BCUT2D eigenvalue weighted by Gasteiger charge is 2.25. The highest BCUT2D eigenvalue weighted by molar-refractivity contribution is 7.20. The maximum Gasteiger partial charge on any atom is 0.326 e. The number of rotatable bonds is 5. The van der Waals surface area contributed by atoms with Gasteiger partial charge in [0.2, 0.25) is 0 Å². The lowest BCUT2D eigenvalue weighted by Gasteiger charge is -2.16. The minimum atomic E-state index is -1.07. The number of carboxylic acids is 1. The number of amides is 1. The first kappa shape index (κ1) is 17.1. The van der Waals surface area contributed by atoms with E-state index in [4.69, 9.17) is 0 Å². The number of thiophene rings is 1. The second-order valence-corrected chi connectivity index (χ2v) is 6.88. The van der Waals surface area contributed by atoms with Crippen LogP contribution in [0.4, 0.5) is 0 Å². The largest absolute Gasteiger partial charge is 0.480 e. The monoisotopic (exact) mass is 337 g/mol. The molecule has 2 aromatic heterocycles. The maximum atomic E-state index is 12.4. The lowest BCUT2D eigenvalue weighted by Crippen LogP contribution is -2.41. The summed E-state index contributed by atoms with van der Waals surface area (Å²) >= 11 is 1.10. The van der Waals surface area contributed by atoms with Crippen LogP contribution in [0.15, 0.2) is 4.79 Å². The number of aromatic nitrogens is 2. The predicted molar refractivity (Wildman–Crippen MR) is 88.1 cm³/mol. The second-order valence-electron chi connectivity index (χ2n) is 5.88. The van der Waals surface area contributed by atoms with Crippen molar-refractivity contribution in [2.45, 2.75) is 40.2 Å². The van der Waals surface area contributed by atoms with Gasteiger partial charge in [0.1, 0.15) is 16.7 Å². The second kappa shape index (κ2) is 6.49. The molecule has 0 fully saturated rings. The molecule has 7 nitrogen and oxygen atoms in total. The Labute approximate surface area is 136 Å². The Kier molecular flexibility index (Phi) is 4.84. The zero-order chi connectivity index (χ0) is 17.3. The average molecular weight is 337 g/mol. The molecule has 0 saturated heterocycles. The van der Waals surface area contributed by atoms with Crippen LogP contribution in [0, 0.1) is 19.8 Å². The molecule has 23 heavy (non-hydrogen) atoms. The number of H-pyrrole nitrogens is 1. The van der Waals surface area contributed by atoms with Crippen LogP contribution < -0.4 is 10.9 Å². The first-order chi connectivity index (χ1) is 10.7. The minimum absolute atomic E-state index is 0.132. The number of carbonyl (C=O) groups excluding carboxylic acids is 1. The smallest absolute Gasteiger partial charge is 0.326 e. The molecule has 0 aliphatic rings. The first-order valence-corrected chi connectivity index (χ1v) is 8.06. The number of carbonyl (C=O) groups is 2. The molecule has 124 valence electrons. The van der Waals surface area contributed by atoms with E-state index in [-0.39, 0.29) is 11.5 Å². The third-order valence-electron chi connectivity index (χ3n) is 3.44. The van der Waals surface area contributed by atoms with Crippen LogP contribution in [0.1, 0.15) is 41.3 Å². The number of aryl methyl sites for hydroxylation is 2. The molecule has 8 heteroatoms. The van der Waals surface area contributed by atoms with Crippen molar-refractivity contribution in [2.24, 2.45) is 5.92 Å². The van der Waals surface area contributed by atoms with Crippen molar-refractivity contribution in [1.82, 2.24) is 15.3 Å². The SMILES string of the molecule is Cc1nc2sc(C(=O)NC(CC(C)C)C(=O)O)c(C)c2c(=O)[nH]1. The Morgan fingerprint density at radius 1 is 1.35 bits per heavy atom. The third kappa shape index (κ3) is 3.58. The number of nitrogens with zero attached hydrogens (tertiary/aromatic N) is 1. The van der Waals surface area contributed by atoms with Gasteiger partial charge in [0.05, 0.1) is 10.3 Å². The van der Waals surface area contributed by atoms with Crippen LogP contribution >= 0.6 is 11.3 Å². The van der Waals surface area contributed by atoms with Crippen molar-refractivity contribution in [3.8, 4) is 0 Å².